The molecule has 1 aromatic carbocycles. The minimum atomic E-state index is -0.143. The van der Waals surface area contributed by atoms with Gasteiger partial charge in [-0.05, 0) is 73.0 Å². The highest BCUT2D eigenvalue weighted by molar-refractivity contribution is 5.95. The van der Waals surface area contributed by atoms with E-state index in [9.17, 15) is 4.79 Å². The first-order chi connectivity index (χ1) is 13.4. The summed E-state index contributed by atoms with van der Waals surface area (Å²) in [7, 11) is 0. The van der Waals surface area contributed by atoms with Crippen molar-refractivity contribution in [1.29, 1.82) is 0 Å². The number of benzene rings is 1. The fourth-order valence-corrected chi connectivity index (χ4v) is 7.68. The van der Waals surface area contributed by atoms with E-state index in [1.165, 1.54) is 24.8 Å². The molecule has 2 unspecified atom stereocenters. The number of nitrogens with one attached hydrogen (secondary N) is 1. The summed E-state index contributed by atoms with van der Waals surface area (Å²) in [6.45, 7) is 9.47. The van der Waals surface area contributed by atoms with Gasteiger partial charge in [0.25, 0.3) is 0 Å². The molecule has 0 spiro atoms. The minimum Gasteiger partial charge on any atom is -0.379 e. The van der Waals surface area contributed by atoms with Crippen molar-refractivity contribution in [3.05, 3.63) is 29.8 Å². The number of ether oxygens (including phenoxy) is 1. The first kappa shape index (κ1) is 18.6. The zero-order chi connectivity index (χ0) is 19.4. The summed E-state index contributed by atoms with van der Waals surface area (Å²) < 4.78 is 5.43. The average Bonchev–Trinajstić information content (AvgIpc) is 2.61. The van der Waals surface area contributed by atoms with E-state index < -0.39 is 0 Å². The Hall–Kier alpha value is -1.39. The number of nitrogens with zero attached hydrogens (tertiary/aromatic N) is 1. The van der Waals surface area contributed by atoms with Gasteiger partial charge in [-0.2, -0.15) is 0 Å². The van der Waals surface area contributed by atoms with Crippen molar-refractivity contribution in [2.75, 3.05) is 31.6 Å². The van der Waals surface area contributed by atoms with Crippen molar-refractivity contribution in [3.8, 4) is 0 Å². The number of hydrogen-bond donors (Lipinski definition) is 1. The van der Waals surface area contributed by atoms with Crippen molar-refractivity contribution in [2.45, 2.75) is 58.9 Å². The third kappa shape index (κ3) is 3.39. The lowest BCUT2D eigenvalue weighted by Crippen LogP contribution is -2.58. The molecular weight excluding hydrogens is 348 g/mol. The van der Waals surface area contributed by atoms with Gasteiger partial charge in [-0.15, -0.1) is 0 Å². The molecule has 4 heteroatoms. The Labute approximate surface area is 169 Å². The second-order valence-electron chi connectivity index (χ2n) is 10.9. The molecule has 28 heavy (non-hydrogen) atoms. The smallest absolute Gasteiger partial charge is 0.230 e. The molecule has 152 valence electrons. The number of rotatable bonds is 4. The summed E-state index contributed by atoms with van der Waals surface area (Å²) in [5.74, 6) is 1.02. The van der Waals surface area contributed by atoms with Gasteiger partial charge < -0.3 is 10.1 Å². The Kier molecular flexibility index (Phi) is 4.37. The highest BCUT2D eigenvalue weighted by Gasteiger charge is 2.62. The molecule has 6 rings (SSSR count). The van der Waals surface area contributed by atoms with E-state index in [2.05, 4.69) is 48.3 Å². The summed E-state index contributed by atoms with van der Waals surface area (Å²) in [4.78, 5) is 15.8. The van der Waals surface area contributed by atoms with Crippen molar-refractivity contribution < 1.29 is 9.53 Å². The Balaban J connectivity index is 1.27. The van der Waals surface area contributed by atoms with E-state index in [4.69, 9.17) is 4.74 Å². The van der Waals surface area contributed by atoms with Crippen LogP contribution in [-0.2, 0) is 16.1 Å². The Morgan fingerprint density at radius 3 is 2.29 bits per heavy atom. The van der Waals surface area contributed by atoms with Gasteiger partial charge in [-0.25, -0.2) is 0 Å². The first-order valence-corrected chi connectivity index (χ1v) is 11.1. The maximum absolute atomic E-state index is 13.4. The fourth-order valence-electron chi connectivity index (χ4n) is 7.68. The van der Waals surface area contributed by atoms with Crippen molar-refractivity contribution in [1.82, 2.24) is 4.90 Å². The highest BCUT2D eigenvalue weighted by atomic mass is 16.5. The van der Waals surface area contributed by atoms with Crippen molar-refractivity contribution in [2.24, 2.45) is 22.2 Å². The molecule has 1 N–H and O–H groups in total. The number of hydrogen-bond acceptors (Lipinski definition) is 3. The van der Waals surface area contributed by atoms with Crippen LogP contribution in [0.3, 0.4) is 0 Å². The van der Waals surface area contributed by atoms with E-state index >= 15 is 0 Å². The molecule has 4 bridgehead atoms. The summed E-state index contributed by atoms with van der Waals surface area (Å²) in [6, 6.07) is 8.48. The van der Waals surface area contributed by atoms with Crippen molar-refractivity contribution in [3.63, 3.8) is 0 Å². The van der Waals surface area contributed by atoms with Crippen LogP contribution in [0.15, 0.2) is 24.3 Å². The molecule has 2 atom stereocenters. The van der Waals surface area contributed by atoms with E-state index in [1.54, 1.807) is 0 Å². The normalized spacial score (nSPS) is 39.9. The molecule has 1 amide bonds. The summed E-state index contributed by atoms with van der Waals surface area (Å²) in [6.07, 6.45) is 7.21. The van der Waals surface area contributed by atoms with Crippen LogP contribution in [0.1, 0.15) is 57.9 Å². The van der Waals surface area contributed by atoms with Crippen LogP contribution in [0.5, 0.6) is 0 Å². The van der Waals surface area contributed by atoms with E-state index in [0.717, 1.165) is 63.7 Å². The SMILES string of the molecule is CC12CC3CC(C)(C1)CC(C(=O)Nc1ccc(CN4CCOCC4)cc1)(C3)C2. The van der Waals surface area contributed by atoms with Crippen LogP contribution in [0.4, 0.5) is 5.69 Å². The van der Waals surface area contributed by atoms with Gasteiger partial charge in [0.2, 0.25) is 5.91 Å². The molecule has 1 aliphatic heterocycles. The summed E-state index contributed by atoms with van der Waals surface area (Å²) >= 11 is 0. The van der Waals surface area contributed by atoms with Gasteiger partial charge in [0.05, 0.1) is 18.6 Å². The molecule has 1 heterocycles. The number of carbonyl (C=O) groups is 1. The molecule has 1 saturated heterocycles. The summed E-state index contributed by atoms with van der Waals surface area (Å²) in [5.41, 5.74) is 2.84. The molecule has 0 aromatic heterocycles. The van der Waals surface area contributed by atoms with Crippen LogP contribution < -0.4 is 5.32 Å². The predicted octanol–water partition coefficient (Wildman–Crippen LogP) is 4.45. The third-order valence-electron chi connectivity index (χ3n) is 7.83. The standard InChI is InChI=1S/C24H34N2O2/c1-22-11-19-12-23(2,15-22)17-24(13-19,16-22)21(27)25-20-5-3-18(4-6-20)14-26-7-9-28-10-8-26/h3-6,19H,7-17H2,1-2H3,(H,25,27). The lowest BCUT2D eigenvalue weighted by molar-refractivity contribution is -0.165. The Morgan fingerprint density at radius 1 is 1.04 bits per heavy atom. The molecule has 4 aliphatic carbocycles. The summed E-state index contributed by atoms with van der Waals surface area (Å²) in [5, 5.41) is 3.29. The fraction of sp³-hybridized carbons (Fsp3) is 0.708. The number of morpholine rings is 1. The molecule has 1 aromatic rings. The van der Waals surface area contributed by atoms with Gasteiger partial charge in [0, 0.05) is 25.3 Å². The molecule has 0 radical (unpaired) electrons. The maximum atomic E-state index is 13.4. The average molecular weight is 383 g/mol. The monoisotopic (exact) mass is 382 g/mol. The Bertz CT molecular complexity index is 734. The van der Waals surface area contributed by atoms with Crippen LogP contribution in [-0.4, -0.2) is 37.1 Å². The minimum absolute atomic E-state index is 0.143. The second kappa shape index (κ2) is 6.56. The number of carbonyl (C=O) groups excluding carboxylic acids is 1. The quantitative estimate of drug-likeness (QED) is 0.836. The lowest BCUT2D eigenvalue weighted by atomic mass is 9.40. The van der Waals surface area contributed by atoms with Gasteiger partial charge in [-0.1, -0.05) is 26.0 Å². The Morgan fingerprint density at radius 2 is 1.68 bits per heavy atom. The highest BCUT2D eigenvalue weighted by Crippen LogP contribution is 2.69. The van der Waals surface area contributed by atoms with Crippen molar-refractivity contribution >= 4 is 11.6 Å². The molecular formula is C24H34N2O2. The topological polar surface area (TPSA) is 41.6 Å². The van der Waals surface area contributed by atoms with Crippen LogP contribution in [0.2, 0.25) is 0 Å². The van der Waals surface area contributed by atoms with Gasteiger partial charge >= 0.3 is 0 Å². The van der Waals surface area contributed by atoms with Crippen LogP contribution in [0.25, 0.3) is 0 Å². The second-order valence-corrected chi connectivity index (χ2v) is 10.9. The molecule has 4 saturated carbocycles. The van der Waals surface area contributed by atoms with Gasteiger partial charge in [-0.3, -0.25) is 9.69 Å². The van der Waals surface area contributed by atoms with E-state index in [-0.39, 0.29) is 11.3 Å². The number of amides is 1. The molecule has 5 aliphatic rings. The first-order valence-electron chi connectivity index (χ1n) is 11.1. The lowest BCUT2D eigenvalue weighted by Gasteiger charge is -2.64. The third-order valence-corrected chi connectivity index (χ3v) is 7.83. The zero-order valence-corrected chi connectivity index (χ0v) is 17.4. The molecule has 4 nitrogen and oxygen atoms in total. The van der Waals surface area contributed by atoms with E-state index in [0.29, 0.717) is 10.8 Å². The van der Waals surface area contributed by atoms with Crippen LogP contribution in [0, 0.1) is 22.2 Å². The van der Waals surface area contributed by atoms with E-state index in [1.807, 2.05) is 0 Å². The van der Waals surface area contributed by atoms with Gasteiger partial charge in [0.1, 0.15) is 0 Å². The van der Waals surface area contributed by atoms with Crippen LogP contribution >= 0.6 is 0 Å². The largest absolute Gasteiger partial charge is 0.379 e. The predicted molar refractivity (Wildman–Crippen MR) is 111 cm³/mol. The van der Waals surface area contributed by atoms with Gasteiger partial charge in [0.15, 0.2) is 0 Å². The maximum Gasteiger partial charge on any atom is 0.230 e. The molecule has 5 fully saturated rings. The zero-order valence-electron chi connectivity index (χ0n) is 17.4. The number of anilines is 1.